The zero-order valence-corrected chi connectivity index (χ0v) is 14.6. The highest BCUT2D eigenvalue weighted by Gasteiger charge is 2.49. The van der Waals surface area contributed by atoms with Crippen LogP contribution in [0.4, 0.5) is 0 Å². The SMILES string of the molecule is COc1c(C)cc(CN(C)C(=O)C2C3CCC(C3)C2N)cc1C. The van der Waals surface area contributed by atoms with Gasteiger partial charge in [-0.15, -0.1) is 0 Å². The fraction of sp³-hybridized carbons (Fsp3) is 0.632. The van der Waals surface area contributed by atoms with Crippen LogP contribution in [-0.4, -0.2) is 31.0 Å². The summed E-state index contributed by atoms with van der Waals surface area (Å²) in [6, 6.07) is 4.27. The van der Waals surface area contributed by atoms with Gasteiger partial charge in [0.1, 0.15) is 5.75 Å². The molecule has 2 aliphatic carbocycles. The molecule has 126 valence electrons. The molecule has 4 unspecified atom stereocenters. The summed E-state index contributed by atoms with van der Waals surface area (Å²) in [4.78, 5) is 14.7. The van der Waals surface area contributed by atoms with E-state index in [2.05, 4.69) is 12.1 Å². The number of nitrogens with two attached hydrogens (primary N) is 1. The van der Waals surface area contributed by atoms with Gasteiger partial charge >= 0.3 is 0 Å². The number of carbonyl (C=O) groups excluding carboxylic acids is 1. The average molecular weight is 316 g/mol. The Bertz CT molecular complexity index is 588. The van der Waals surface area contributed by atoms with Crippen molar-refractivity contribution < 1.29 is 9.53 Å². The average Bonchev–Trinajstić information content (AvgIpc) is 3.07. The number of hydrogen-bond acceptors (Lipinski definition) is 3. The minimum absolute atomic E-state index is 0.0270. The molecule has 4 nitrogen and oxygen atoms in total. The van der Waals surface area contributed by atoms with Gasteiger partial charge < -0.3 is 15.4 Å². The zero-order chi connectivity index (χ0) is 16.7. The van der Waals surface area contributed by atoms with Crippen molar-refractivity contribution in [2.45, 2.75) is 45.7 Å². The third-order valence-electron chi connectivity index (χ3n) is 5.79. The highest BCUT2D eigenvalue weighted by Crippen LogP contribution is 2.48. The molecule has 1 aromatic rings. The van der Waals surface area contributed by atoms with Gasteiger partial charge in [-0.3, -0.25) is 4.79 Å². The molecule has 0 radical (unpaired) electrons. The summed E-state index contributed by atoms with van der Waals surface area (Å²) in [6.45, 7) is 4.72. The summed E-state index contributed by atoms with van der Waals surface area (Å²) in [5, 5.41) is 0. The van der Waals surface area contributed by atoms with E-state index in [0.717, 1.165) is 28.9 Å². The van der Waals surface area contributed by atoms with Crippen LogP contribution in [0, 0.1) is 31.6 Å². The summed E-state index contributed by atoms with van der Waals surface area (Å²) in [6.07, 6.45) is 3.52. The maximum atomic E-state index is 12.9. The first kappa shape index (κ1) is 16.3. The van der Waals surface area contributed by atoms with Gasteiger partial charge in [0.2, 0.25) is 5.91 Å². The molecule has 0 aliphatic heterocycles. The predicted octanol–water partition coefficient (Wildman–Crippen LogP) is 2.64. The second-order valence-electron chi connectivity index (χ2n) is 7.39. The van der Waals surface area contributed by atoms with Crippen molar-refractivity contribution in [3.63, 3.8) is 0 Å². The van der Waals surface area contributed by atoms with Crippen molar-refractivity contribution in [3.8, 4) is 5.75 Å². The first-order chi connectivity index (χ1) is 10.9. The van der Waals surface area contributed by atoms with Crippen LogP contribution < -0.4 is 10.5 Å². The Morgan fingerprint density at radius 3 is 2.39 bits per heavy atom. The van der Waals surface area contributed by atoms with Crippen LogP contribution >= 0.6 is 0 Å². The minimum atomic E-state index is 0.0270. The molecule has 1 aromatic carbocycles. The molecule has 2 fully saturated rings. The van der Waals surface area contributed by atoms with E-state index in [1.54, 1.807) is 7.11 Å². The summed E-state index contributed by atoms with van der Waals surface area (Å²) in [5.41, 5.74) is 9.69. The Morgan fingerprint density at radius 2 is 1.87 bits per heavy atom. The molecule has 2 N–H and O–H groups in total. The molecule has 0 saturated heterocycles. The minimum Gasteiger partial charge on any atom is -0.496 e. The van der Waals surface area contributed by atoms with Gasteiger partial charge in [-0.25, -0.2) is 0 Å². The lowest BCUT2D eigenvalue weighted by atomic mass is 9.84. The molecule has 2 aliphatic rings. The van der Waals surface area contributed by atoms with Crippen LogP contribution in [-0.2, 0) is 11.3 Å². The fourth-order valence-electron chi connectivity index (χ4n) is 4.76. The van der Waals surface area contributed by atoms with E-state index in [-0.39, 0.29) is 17.9 Å². The topological polar surface area (TPSA) is 55.6 Å². The molecule has 1 amide bonds. The normalized spacial score (nSPS) is 28.9. The summed E-state index contributed by atoms with van der Waals surface area (Å²) in [5.74, 6) is 2.24. The molecule has 2 bridgehead atoms. The van der Waals surface area contributed by atoms with E-state index in [0.29, 0.717) is 18.4 Å². The van der Waals surface area contributed by atoms with Gasteiger partial charge in [0, 0.05) is 19.6 Å². The number of carbonyl (C=O) groups is 1. The lowest BCUT2D eigenvalue weighted by Gasteiger charge is -2.31. The predicted molar refractivity (Wildman–Crippen MR) is 91.2 cm³/mol. The van der Waals surface area contributed by atoms with Crippen molar-refractivity contribution in [1.29, 1.82) is 0 Å². The number of fused-ring (bicyclic) bond motifs is 2. The van der Waals surface area contributed by atoms with Crippen LogP contribution in [0.2, 0.25) is 0 Å². The van der Waals surface area contributed by atoms with Gasteiger partial charge in [0.25, 0.3) is 0 Å². The lowest BCUT2D eigenvalue weighted by molar-refractivity contribution is -0.137. The highest BCUT2D eigenvalue weighted by molar-refractivity contribution is 5.80. The third-order valence-corrected chi connectivity index (χ3v) is 5.79. The van der Waals surface area contributed by atoms with E-state index in [1.807, 2.05) is 25.8 Å². The fourth-order valence-corrected chi connectivity index (χ4v) is 4.76. The Balaban J connectivity index is 1.72. The van der Waals surface area contributed by atoms with E-state index < -0.39 is 0 Å². The van der Waals surface area contributed by atoms with E-state index in [4.69, 9.17) is 10.5 Å². The Labute approximate surface area is 139 Å². The largest absolute Gasteiger partial charge is 0.496 e. The summed E-state index contributed by atoms with van der Waals surface area (Å²) < 4.78 is 5.41. The first-order valence-corrected chi connectivity index (χ1v) is 8.57. The molecule has 4 atom stereocenters. The summed E-state index contributed by atoms with van der Waals surface area (Å²) in [7, 11) is 3.59. The Kier molecular flexibility index (Phi) is 4.37. The van der Waals surface area contributed by atoms with Gasteiger partial charge in [0.15, 0.2) is 0 Å². The Hall–Kier alpha value is -1.55. The number of aryl methyl sites for hydroxylation is 2. The quantitative estimate of drug-likeness (QED) is 0.929. The van der Waals surface area contributed by atoms with Crippen LogP contribution in [0.1, 0.15) is 36.0 Å². The lowest BCUT2D eigenvalue weighted by Crippen LogP contribution is -2.45. The third kappa shape index (κ3) is 2.85. The van der Waals surface area contributed by atoms with Gasteiger partial charge in [0.05, 0.1) is 13.0 Å². The van der Waals surface area contributed by atoms with Crippen LogP contribution in [0.25, 0.3) is 0 Å². The monoisotopic (exact) mass is 316 g/mol. The molecule has 0 heterocycles. The van der Waals surface area contributed by atoms with Gasteiger partial charge in [-0.2, -0.15) is 0 Å². The van der Waals surface area contributed by atoms with Gasteiger partial charge in [-0.05, 0) is 61.6 Å². The van der Waals surface area contributed by atoms with E-state index in [9.17, 15) is 4.79 Å². The molecule has 23 heavy (non-hydrogen) atoms. The molecule has 3 rings (SSSR count). The number of rotatable bonds is 4. The number of ether oxygens (including phenoxy) is 1. The van der Waals surface area contributed by atoms with Crippen molar-refractivity contribution in [3.05, 3.63) is 28.8 Å². The van der Waals surface area contributed by atoms with Crippen molar-refractivity contribution in [2.75, 3.05) is 14.2 Å². The standard InChI is InChI=1S/C19H28N2O2/c1-11-7-13(8-12(2)18(11)23-4)10-21(3)19(22)16-14-5-6-15(9-14)17(16)20/h7-8,14-17H,5-6,9-10,20H2,1-4H3. The number of amides is 1. The molecule has 0 spiro atoms. The first-order valence-electron chi connectivity index (χ1n) is 8.57. The molecule has 4 heteroatoms. The van der Waals surface area contributed by atoms with Crippen LogP contribution in [0.15, 0.2) is 12.1 Å². The molecular weight excluding hydrogens is 288 g/mol. The van der Waals surface area contributed by atoms with Crippen LogP contribution in [0.5, 0.6) is 5.75 Å². The second-order valence-corrected chi connectivity index (χ2v) is 7.39. The van der Waals surface area contributed by atoms with Crippen LogP contribution in [0.3, 0.4) is 0 Å². The van der Waals surface area contributed by atoms with Crippen molar-refractivity contribution in [2.24, 2.45) is 23.5 Å². The maximum absolute atomic E-state index is 12.9. The zero-order valence-electron chi connectivity index (χ0n) is 14.6. The highest BCUT2D eigenvalue weighted by atomic mass is 16.5. The number of benzene rings is 1. The molecule has 2 saturated carbocycles. The van der Waals surface area contributed by atoms with Gasteiger partial charge in [-0.1, -0.05) is 12.1 Å². The molecular formula is C19H28N2O2. The smallest absolute Gasteiger partial charge is 0.227 e. The van der Waals surface area contributed by atoms with Crippen molar-refractivity contribution in [1.82, 2.24) is 4.90 Å². The summed E-state index contributed by atoms with van der Waals surface area (Å²) >= 11 is 0. The molecule has 0 aromatic heterocycles. The van der Waals surface area contributed by atoms with E-state index >= 15 is 0 Å². The number of nitrogens with zero attached hydrogens (tertiary/aromatic N) is 1. The Morgan fingerprint density at radius 1 is 1.26 bits per heavy atom. The number of methoxy groups -OCH3 is 1. The second kappa shape index (κ2) is 6.16. The van der Waals surface area contributed by atoms with E-state index in [1.165, 1.54) is 12.8 Å². The van der Waals surface area contributed by atoms with Crippen molar-refractivity contribution >= 4 is 5.91 Å². The number of hydrogen-bond donors (Lipinski definition) is 1. The maximum Gasteiger partial charge on any atom is 0.227 e.